The van der Waals surface area contributed by atoms with Gasteiger partial charge in [-0.15, -0.1) is 0 Å². The molecule has 0 N–H and O–H groups in total. The van der Waals surface area contributed by atoms with Crippen molar-refractivity contribution in [2.24, 2.45) is 0 Å². The maximum Gasteiger partial charge on any atom is 0.338 e. The number of esters is 1. The van der Waals surface area contributed by atoms with Gasteiger partial charge in [0.15, 0.2) is 0 Å². The standard InChI is InChI=1S/C14H18N2O5/c1-9-7-15(8-10(2)21-9)12-4-11(14(17)20-3)5-13(6-12)16(18)19/h4-6,9-10H,7-8H2,1-3H3/t9-,10-/m0/s1. The van der Waals surface area contributed by atoms with Gasteiger partial charge in [-0.2, -0.15) is 0 Å². The van der Waals surface area contributed by atoms with Crippen molar-refractivity contribution in [2.45, 2.75) is 26.1 Å². The number of anilines is 1. The van der Waals surface area contributed by atoms with Crippen LogP contribution in [0.4, 0.5) is 11.4 Å². The first-order valence-corrected chi connectivity index (χ1v) is 6.69. The summed E-state index contributed by atoms with van der Waals surface area (Å²) in [5.41, 5.74) is 0.680. The number of morpholine rings is 1. The molecule has 0 radical (unpaired) electrons. The third-order valence-electron chi connectivity index (χ3n) is 3.32. The molecule has 21 heavy (non-hydrogen) atoms. The summed E-state index contributed by atoms with van der Waals surface area (Å²) in [6.07, 6.45) is 0.0455. The zero-order chi connectivity index (χ0) is 15.6. The van der Waals surface area contributed by atoms with Gasteiger partial charge in [-0.05, 0) is 19.9 Å². The number of hydrogen-bond acceptors (Lipinski definition) is 6. The van der Waals surface area contributed by atoms with Crippen LogP contribution in [0.2, 0.25) is 0 Å². The molecule has 0 aromatic heterocycles. The van der Waals surface area contributed by atoms with Crippen LogP contribution in [0.5, 0.6) is 0 Å². The molecule has 1 aromatic rings. The fraction of sp³-hybridized carbons (Fsp3) is 0.500. The summed E-state index contributed by atoms with van der Waals surface area (Å²) >= 11 is 0. The molecule has 7 nitrogen and oxygen atoms in total. The highest BCUT2D eigenvalue weighted by atomic mass is 16.6. The van der Waals surface area contributed by atoms with Gasteiger partial charge in [0.25, 0.3) is 5.69 Å². The summed E-state index contributed by atoms with van der Waals surface area (Å²) in [5, 5.41) is 11.0. The smallest absolute Gasteiger partial charge is 0.338 e. The van der Waals surface area contributed by atoms with Crippen molar-refractivity contribution >= 4 is 17.3 Å². The number of nitrogens with zero attached hydrogens (tertiary/aromatic N) is 2. The Bertz CT molecular complexity index is 550. The molecular weight excluding hydrogens is 276 g/mol. The van der Waals surface area contributed by atoms with Gasteiger partial charge in [-0.3, -0.25) is 10.1 Å². The van der Waals surface area contributed by atoms with E-state index in [4.69, 9.17) is 4.74 Å². The lowest BCUT2D eigenvalue weighted by Crippen LogP contribution is -2.45. The van der Waals surface area contributed by atoms with Crippen LogP contribution in [0, 0.1) is 10.1 Å². The highest BCUT2D eigenvalue weighted by molar-refractivity contribution is 5.91. The summed E-state index contributed by atoms with van der Waals surface area (Å²) in [7, 11) is 1.25. The Morgan fingerprint density at radius 3 is 2.48 bits per heavy atom. The summed E-state index contributed by atoms with van der Waals surface area (Å²) < 4.78 is 10.3. The van der Waals surface area contributed by atoms with Crippen LogP contribution in [-0.2, 0) is 9.47 Å². The minimum absolute atomic E-state index is 0.0228. The van der Waals surface area contributed by atoms with E-state index in [-0.39, 0.29) is 23.5 Å². The van der Waals surface area contributed by atoms with Crippen molar-refractivity contribution in [2.75, 3.05) is 25.1 Å². The van der Waals surface area contributed by atoms with E-state index in [1.807, 2.05) is 18.7 Å². The van der Waals surface area contributed by atoms with Gasteiger partial charge in [-0.1, -0.05) is 0 Å². The lowest BCUT2D eigenvalue weighted by molar-refractivity contribution is -0.384. The van der Waals surface area contributed by atoms with Crippen LogP contribution in [0.15, 0.2) is 18.2 Å². The second kappa shape index (κ2) is 6.09. The predicted octanol–water partition coefficient (Wildman–Crippen LogP) is 1.99. The molecule has 0 unspecified atom stereocenters. The lowest BCUT2D eigenvalue weighted by Gasteiger charge is -2.36. The maximum atomic E-state index is 11.7. The normalized spacial score (nSPS) is 22.0. The van der Waals surface area contributed by atoms with Gasteiger partial charge < -0.3 is 14.4 Å². The van der Waals surface area contributed by atoms with E-state index in [9.17, 15) is 14.9 Å². The molecule has 0 saturated carbocycles. The summed E-state index contributed by atoms with van der Waals surface area (Å²) in [6, 6.07) is 4.31. The van der Waals surface area contributed by atoms with E-state index in [0.29, 0.717) is 18.8 Å². The quantitative estimate of drug-likeness (QED) is 0.482. The van der Waals surface area contributed by atoms with Crippen molar-refractivity contribution in [3.63, 3.8) is 0 Å². The van der Waals surface area contributed by atoms with Crippen molar-refractivity contribution in [1.29, 1.82) is 0 Å². The number of nitro benzene ring substituents is 1. The number of hydrogen-bond donors (Lipinski definition) is 0. The van der Waals surface area contributed by atoms with Gasteiger partial charge in [0.2, 0.25) is 0 Å². The second-order valence-corrected chi connectivity index (χ2v) is 5.15. The average molecular weight is 294 g/mol. The second-order valence-electron chi connectivity index (χ2n) is 5.15. The first kappa shape index (κ1) is 15.2. The molecule has 1 aromatic carbocycles. The van der Waals surface area contributed by atoms with Crippen molar-refractivity contribution < 1.29 is 19.2 Å². The molecule has 1 fully saturated rings. The number of non-ortho nitro benzene ring substituents is 1. The third-order valence-corrected chi connectivity index (χ3v) is 3.32. The van der Waals surface area contributed by atoms with Crippen LogP contribution in [0.25, 0.3) is 0 Å². The molecule has 0 bridgehead atoms. The molecule has 0 aliphatic carbocycles. The molecular formula is C14H18N2O5. The van der Waals surface area contributed by atoms with E-state index in [2.05, 4.69) is 4.74 Å². The molecule has 2 atom stereocenters. The zero-order valence-electron chi connectivity index (χ0n) is 12.2. The number of carbonyl (C=O) groups is 1. The van der Waals surface area contributed by atoms with Gasteiger partial charge in [-0.25, -0.2) is 4.79 Å². The van der Waals surface area contributed by atoms with E-state index < -0.39 is 10.9 Å². The number of benzene rings is 1. The maximum absolute atomic E-state index is 11.7. The summed E-state index contributed by atoms with van der Waals surface area (Å²) in [4.78, 5) is 24.2. The first-order chi connectivity index (χ1) is 9.90. The molecule has 1 aliphatic heterocycles. The molecule has 2 rings (SSSR count). The Balaban J connectivity index is 2.39. The lowest BCUT2D eigenvalue weighted by atomic mass is 10.1. The molecule has 114 valence electrons. The zero-order valence-corrected chi connectivity index (χ0v) is 12.2. The SMILES string of the molecule is COC(=O)c1cc(N2C[C@H](C)O[C@@H](C)C2)cc([N+](=O)[O-])c1. The number of ether oxygens (including phenoxy) is 2. The topological polar surface area (TPSA) is 81.9 Å². The Morgan fingerprint density at radius 2 is 1.95 bits per heavy atom. The van der Waals surface area contributed by atoms with Gasteiger partial charge in [0.1, 0.15) is 0 Å². The fourth-order valence-electron chi connectivity index (χ4n) is 2.51. The monoisotopic (exact) mass is 294 g/mol. The molecule has 0 amide bonds. The van der Waals surface area contributed by atoms with Crippen molar-refractivity contribution in [3.05, 3.63) is 33.9 Å². The van der Waals surface area contributed by atoms with Crippen molar-refractivity contribution in [1.82, 2.24) is 0 Å². The molecule has 1 saturated heterocycles. The van der Waals surface area contributed by atoms with Gasteiger partial charge in [0, 0.05) is 30.9 Å². The molecule has 1 heterocycles. The van der Waals surface area contributed by atoms with E-state index in [0.717, 1.165) is 0 Å². The largest absolute Gasteiger partial charge is 0.465 e. The van der Waals surface area contributed by atoms with E-state index in [1.54, 1.807) is 6.07 Å². The highest BCUT2D eigenvalue weighted by Crippen LogP contribution is 2.27. The molecule has 0 spiro atoms. The minimum Gasteiger partial charge on any atom is -0.465 e. The van der Waals surface area contributed by atoms with Crippen LogP contribution in [0.1, 0.15) is 24.2 Å². The van der Waals surface area contributed by atoms with Crippen LogP contribution < -0.4 is 4.90 Å². The Kier molecular flexibility index (Phi) is 4.42. The van der Waals surface area contributed by atoms with E-state index >= 15 is 0 Å². The first-order valence-electron chi connectivity index (χ1n) is 6.69. The summed E-state index contributed by atoms with van der Waals surface area (Å²) in [5.74, 6) is -0.589. The average Bonchev–Trinajstić information content (AvgIpc) is 2.44. The number of nitro groups is 1. The fourth-order valence-corrected chi connectivity index (χ4v) is 2.51. The molecule has 7 heteroatoms. The predicted molar refractivity (Wildman–Crippen MR) is 76.7 cm³/mol. The Labute approximate surface area is 122 Å². The Hall–Kier alpha value is -2.15. The number of methoxy groups -OCH3 is 1. The van der Waals surface area contributed by atoms with Gasteiger partial charge >= 0.3 is 5.97 Å². The number of rotatable bonds is 3. The minimum atomic E-state index is -0.589. The van der Waals surface area contributed by atoms with E-state index in [1.165, 1.54) is 19.2 Å². The third kappa shape index (κ3) is 3.49. The van der Waals surface area contributed by atoms with Gasteiger partial charge in [0.05, 0.1) is 29.8 Å². The highest BCUT2D eigenvalue weighted by Gasteiger charge is 2.25. The number of carbonyl (C=O) groups excluding carboxylic acids is 1. The van der Waals surface area contributed by atoms with Crippen LogP contribution in [0.3, 0.4) is 0 Å². The Morgan fingerprint density at radius 1 is 1.33 bits per heavy atom. The summed E-state index contributed by atoms with van der Waals surface area (Å²) in [6.45, 7) is 5.13. The molecule has 1 aliphatic rings. The van der Waals surface area contributed by atoms with Crippen molar-refractivity contribution in [3.8, 4) is 0 Å². The van der Waals surface area contributed by atoms with Crippen LogP contribution >= 0.6 is 0 Å². The van der Waals surface area contributed by atoms with Crippen LogP contribution in [-0.4, -0.2) is 43.3 Å².